The molecule has 5 nitrogen and oxygen atoms in total. The van der Waals surface area contributed by atoms with Crippen LogP contribution in [0.3, 0.4) is 0 Å². The maximum absolute atomic E-state index is 14.0. The molecular formula is C22H21FN4O. The van der Waals surface area contributed by atoms with Gasteiger partial charge in [-0.15, -0.1) is 0 Å². The Hall–Kier alpha value is -2.99. The number of halogens is 1. The molecule has 1 fully saturated rings. The zero-order valence-corrected chi connectivity index (χ0v) is 15.4. The van der Waals surface area contributed by atoms with Gasteiger partial charge in [-0.3, -0.25) is 14.5 Å². The normalized spacial score (nSPS) is 16.2. The summed E-state index contributed by atoms with van der Waals surface area (Å²) in [5.74, 6) is -0.232. The van der Waals surface area contributed by atoms with Gasteiger partial charge in [0.15, 0.2) is 0 Å². The summed E-state index contributed by atoms with van der Waals surface area (Å²) in [5, 5.41) is 0.570. The average molecular weight is 376 g/mol. The SMILES string of the molecule is O=c1[nH]c2ccccc2n1C1CCN(Cc2ccc(F)c3cccnc23)CC1. The van der Waals surface area contributed by atoms with Gasteiger partial charge in [0.1, 0.15) is 5.82 Å². The van der Waals surface area contributed by atoms with Crippen molar-refractivity contribution < 1.29 is 4.39 Å². The minimum absolute atomic E-state index is 0.0339. The maximum Gasteiger partial charge on any atom is 0.326 e. The Balaban J connectivity index is 1.35. The van der Waals surface area contributed by atoms with E-state index in [1.807, 2.05) is 34.9 Å². The van der Waals surface area contributed by atoms with Crippen molar-refractivity contribution in [1.29, 1.82) is 0 Å². The molecule has 0 bridgehead atoms. The lowest BCUT2D eigenvalue weighted by Gasteiger charge is -2.32. The van der Waals surface area contributed by atoms with Crippen LogP contribution in [0.2, 0.25) is 0 Å². The van der Waals surface area contributed by atoms with Crippen LogP contribution in [0.1, 0.15) is 24.4 Å². The molecule has 1 aliphatic heterocycles. The van der Waals surface area contributed by atoms with E-state index in [0.29, 0.717) is 5.39 Å². The summed E-state index contributed by atoms with van der Waals surface area (Å²) < 4.78 is 15.9. The topological polar surface area (TPSA) is 53.9 Å². The van der Waals surface area contributed by atoms with E-state index in [0.717, 1.165) is 54.6 Å². The first-order chi connectivity index (χ1) is 13.7. The third kappa shape index (κ3) is 2.90. The highest BCUT2D eigenvalue weighted by atomic mass is 19.1. The van der Waals surface area contributed by atoms with Crippen LogP contribution in [0.25, 0.3) is 21.9 Å². The quantitative estimate of drug-likeness (QED) is 0.591. The predicted molar refractivity (Wildman–Crippen MR) is 108 cm³/mol. The number of imidazole rings is 1. The van der Waals surface area contributed by atoms with E-state index in [1.165, 1.54) is 6.07 Å². The molecular weight excluding hydrogens is 355 g/mol. The van der Waals surface area contributed by atoms with Crippen molar-refractivity contribution in [2.24, 2.45) is 0 Å². The van der Waals surface area contributed by atoms with Crippen LogP contribution in [-0.4, -0.2) is 32.5 Å². The number of hydrogen-bond acceptors (Lipinski definition) is 3. The number of aromatic amines is 1. The first-order valence-corrected chi connectivity index (χ1v) is 9.64. The average Bonchev–Trinajstić information content (AvgIpc) is 3.07. The first-order valence-electron chi connectivity index (χ1n) is 9.64. The Morgan fingerprint density at radius 1 is 1.07 bits per heavy atom. The fourth-order valence-corrected chi connectivity index (χ4v) is 4.34. The molecule has 1 saturated heterocycles. The van der Waals surface area contributed by atoms with Gasteiger partial charge < -0.3 is 4.98 Å². The molecule has 2 aromatic carbocycles. The second kappa shape index (κ2) is 6.87. The molecule has 28 heavy (non-hydrogen) atoms. The fourth-order valence-electron chi connectivity index (χ4n) is 4.34. The van der Waals surface area contributed by atoms with Gasteiger partial charge in [-0.05, 0) is 48.7 Å². The molecule has 142 valence electrons. The third-order valence-corrected chi connectivity index (χ3v) is 5.74. The van der Waals surface area contributed by atoms with E-state index in [2.05, 4.69) is 14.9 Å². The number of H-pyrrole nitrogens is 1. The van der Waals surface area contributed by atoms with Crippen LogP contribution in [0.15, 0.2) is 59.5 Å². The van der Waals surface area contributed by atoms with Gasteiger partial charge in [0, 0.05) is 37.3 Å². The van der Waals surface area contributed by atoms with Gasteiger partial charge in [-0.25, -0.2) is 9.18 Å². The number of rotatable bonds is 3. The summed E-state index contributed by atoms with van der Waals surface area (Å²) in [6.07, 6.45) is 3.53. The van der Waals surface area contributed by atoms with Crippen molar-refractivity contribution in [1.82, 2.24) is 19.4 Å². The van der Waals surface area contributed by atoms with Crippen LogP contribution in [0.5, 0.6) is 0 Å². The zero-order chi connectivity index (χ0) is 19.1. The van der Waals surface area contributed by atoms with Gasteiger partial charge in [-0.2, -0.15) is 0 Å². The summed E-state index contributed by atoms with van der Waals surface area (Å²) in [4.78, 5) is 22.1. The van der Waals surface area contributed by atoms with E-state index in [-0.39, 0.29) is 17.5 Å². The molecule has 2 aromatic heterocycles. The third-order valence-electron chi connectivity index (χ3n) is 5.74. The van der Waals surface area contributed by atoms with Crippen molar-refractivity contribution in [2.75, 3.05) is 13.1 Å². The Morgan fingerprint density at radius 2 is 1.89 bits per heavy atom. The van der Waals surface area contributed by atoms with Crippen molar-refractivity contribution in [3.8, 4) is 0 Å². The number of para-hydroxylation sites is 2. The molecule has 0 radical (unpaired) electrons. The van der Waals surface area contributed by atoms with E-state index < -0.39 is 0 Å². The number of fused-ring (bicyclic) bond motifs is 2. The summed E-state index contributed by atoms with van der Waals surface area (Å²) >= 11 is 0. The number of benzene rings is 2. The summed E-state index contributed by atoms with van der Waals surface area (Å²) in [6.45, 7) is 2.52. The molecule has 1 aliphatic rings. The first kappa shape index (κ1) is 17.1. The van der Waals surface area contributed by atoms with Gasteiger partial charge in [0.05, 0.1) is 16.6 Å². The number of hydrogen-bond donors (Lipinski definition) is 1. The van der Waals surface area contributed by atoms with Crippen molar-refractivity contribution in [3.05, 3.63) is 76.6 Å². The number of aromatic nitrogens is 3. The van der Waals surface area contributed by atoms with Crippen LogP contribution in [0.4, 0.5) is 4.39 Å². The van der Waals surface area contributed by atoms with Gasteiger partial charge in [0.2, 0.25) is 0 Å². The Kier molecular flexibility index (Phi) is 4.20. The van der Waals surface area contributed by atoms with E-state index in [4.69, 9.17) is 0 Å². The fraction of sp³-hybridized carbons (Fsp3) is 0.273. The van der Waals surface area contributed by atoms with Crippen molar-refractivity contribution in [2.45, 2.75) is 25.4 Å². The van der Waals surface area contributed by atoms with Crippen LogP contribution in [-0.2, 0) is 6.54 Å². The molecule has 0 spiro atoms. The summed E-state index contributed by atoms with van der Waals surface area (Å²) in [5.41, 5.74) is 3.60. The van der Waals surface area contributed by atoms with Crippen LogP contribution < -0.4 is 5.69 Å². The lowest BCUT2D eigenvalue weighted by Crippen LogP contribution is -2.36. The highest BCUT2D eigenvalue weighted by Gasteiger charge is 2.24. The second-order valence-electron chi connectivity index (χ2n) is 7.43. The molecule has 0 unspecified atom stereocenters. The molecule has 0 aliphatic carbocycles. The summed E-state index contributed by atoms with van der Waals surface area (Å²) in [7, 11) is 0. The number of pyridine rings is 1. The Labute approximate surface area is 161 Å². The molecule has 0 saturated carbocycles. The number of piperidine rings is 1. The number of nitrogens with one attached hydrogen (secondary N) is 1. The van der Waals surface area contributed by atoms with Crippen molar-refractivity contribution >= 4 is 21.9 Å². The Morgan fingerprint density at radius 3 is 2.75 bits per heavy atom. The molecule has 0 atom stereocenters. The minimum atomic E-state index is -0.232. The molecule has 0 amide bonds. The summed E-state index contributed by atoms with van der Waals surface area (Å²) in [6, 6.07) is 14.9. The highest BCUT2D eigenvalue weighted by molar-refractivity contribution is 5.82. The van der Waals surface area contributed by atoms with Gasteiger partial charge in [0.25, 0.3) is 0 Å². The molecule has 5 rings (SSSR count). The van der Waals surface area contributed by atoms with Gasteiger partial charge in [-0.1, -0.05) is 18.2 Å². The van der Waals surface area contributed by atoms with E-state index in [1.54, 1.807) is 18.3 Å². The maximum atomic E-state index is 14.0. The zero-order valence-electron chi connectivity index (χ0n) is 15.4. The smallest absolute Gasteiger partial charge is 0.306 e. The number of nitrogens with zero attached hydrogens (tertiary/aromatic N) is 3. The number of likely N-dealkylation sites (tertiary alicyclic amines) is 1. The van der Waals surface area contributed by atoms with Gasteiger partial charge >= 0.3 is 5.69 Å². The molecule has 4 aromatic rings. The monoisotopic (exact) mass is 376 g/mol. The standard InChI is InChI=1S/C22H21FN4O/c23-18-8-7-15(21-17(18)4-3-11-24-21)14-26-12-9-16(10-13-26)27-20-6-2-1-5-19(20)25-22(27)28/h1-8,11,16H,9-10,12-14H2,(H,25,28). The predicted octanol–water partition coefficient (Wildman–Crippen LogP) is 3.85. The van der Waals surface area contributed by atoms with E-state index >= 15 is 0 Å². The lowest BCUT2D eigenvalue weighted by atomic mass is 10.0. The van der Waals surface area contributed by atoms with Crippen molar-refractivity contribution in [3.63, 3.8) is 0 Å². The van der Waals surface area contributed by atoms with Crippen LogP contribution in [0, 0.1) is 5.82 Å². The highest BCUT2D eigenvalue weighted by Crippen LogP contribution is 2.27. The lowest BCUT2D eigenvalue weighted by molar-refractivity contribution is 0.180. The minimum Gasteiger partial charge on any atom is -0.306 e. The second-order valence-corrected chi connectivity index (χ2v) is 7.43. The molecule has 3 heterocycles. The Bertz CT molecular complexity index is 1200. The molecule has 1 N–H and O–H groups in total. The van der Waals surface area contributed by atoms with Crippen LogP contribution >= 0.6 is 0 Å². The van der Waals surface area contributed by atoms with E-state index in [9.17, 15) is 9.18 Å². The molecule has 6 heteroatoms. The largest absolute Gasteiger partial charge is 0.326 e.